The van der Waals surface area contributed by atoms with Crippen molar-refractivity contribution in [2.75, 3.05) is 24.7 Å². The summed E-state index contributed by atoms with van der Waals surface area (Å²) < 4.78 is 50.9. The van der Waals surface area contributed by atoms with E-state index in [9.17, 15) is 27.0 Å². The molecule has 1 heterocycles. The van der Waals surface area contributed by atoms with Crippen LogP contribution >= 0.6 is 31.9 Å². The van der Waals surface area contributed by atoms with Crippen molar-refractivity contribution in [3.05, 3.63) is 27.1 Å². The van der Waals surface area contributed by atoms with Crippen LogP contribution in [0.15, 0.2) is 32.0 Å². The highest BCUT2D eigenvalue weighted by Crippen LogP contribution is 2.31. The van der Waals surface area contributed by atoms with E-state index < -0.39 is 50.1 Å². The fourth-order valence-corrected chi connectivity index (χ4v) is 7.45. The molecule has 0 aromatic heterocycles. The summed E-state index contributed by atoms with van der Waals surface area (Å²) in [5.74, 6) is -0.964. The van der Waals surface area contributed by atoms with Gasteiger partial charge in [0.25, 0.3) is 0 Å². The van der Waals surface area contributed by atoms with Crippen LogP contribution in [0.4, 0.5) is 0 Å². The monoisotopic (exact) mass is 491 g/mol. The molecule has 2 rings (SSSR count). The molecule has 7 nitrogen and oxygen atoms in total. The van der Waals surface area contributed by atoms with Gasteiger partial charge in [-0.25, -0.2) is 16.8 Å². The number of rotatable bonds is 5. The predicted octanol–water partition coefficient (Wildman–Crippen LogP) is 0.352. The van der Waals surface area contributed by atoms with Crippen LogP contribution in [-0.2, 0) is 19.9 Å². The molecule has 1 aliphatic rings. The molecule has 1 saturated heterocycles. The van der Waals surface area contributed by atoms with Crippen molar-refractivity contribution in [2.24, 2.45) is 0 Å². The lowest BCUT2D eigenvalue weighted by molar-refractivity contribution is 0.117. The van der Waals surface area contributed by atoms with E-state index in [4.69, 9.17) is 0 Å². The second-order valence-electron chi connectivity index (χ2n) is 5.13. The van der Waals surface area contributed by atoms with Crippen LogP contribution < -0.4 is 0 Å². The maximum absolute atomic E-state index is 12.9. The lowest BCUT2D eigenvalue weighted by Crippen LogP contribution is -2.47. The fraction of sp³-hybridized carbons (Fsp3) is 0.500. The SMILES string of the molecule is O=S1(=O)C[C@@H](O)[C@H](N(CCO)S(=O)(=O)c2cc(Br)ccc2Br)C1. The largest absolute Gasteiger partial charge is 0.395 e. The third kappa shape index (κ3) is 4.14. The minimum Gasteiger partial charge on any atom is -0.395 e. The summed E-state index contributed by atoms with van der Waals surface area (Å²) in [5.41, 5.74) is 0. The molecule has 0 saturated carbocycles. The van der Waals surface area contributed by atoms with Crippen molar-refractivity contribution in [3.8, 4) is 0 Å². The van der Waals surface area contributed by atoms with Gasteiger partial charge in [0.1, 0.15) is 0 Å². The molecule has 11 heteroatoms. The van der Waals surface area contributed by atoms with Gasteiger partial charge in [0.2, 0.25) is 10.0 Å². The Morgan fingerprint density at radius 2 is 1.91 bits per heavy atom. The molecule has 1 fully saturated rings. The van der Waals surface area contributed by atoms with Crippen LogP contribution in [0.5, 0.6) is 0 Å². The van der Waals surface area contributed by atoms with Crippen LogP contribution in [0.3, 0.4) is 0 Å². The average Bonchev–Trinajstić information content (AvgIpc) is 2.71. The molecule has 0 bridgehead atoms. The van der Waals surface area contributed by atoms with Gasteiger partial charge >= 0.3 is 0 Å². The maximum atomic E-state index is 12.9. The van der Waals surface area contributed by atoms with Gasteiger partial charge in [0.15, 0.2) is 9.84 Å². The van der Waals surface area contributed by atoms with E-state index in [0.29, 0.717) is 8.95 Å². The molecule has 130 valence electrons. The van der Waals surface area contributed by atoms with Crippen LogP contribution in [0.25, 0.3) is 0 Å². The third-order valence-corrected chi connectivity index (χ3v) is 8.57. The van der Waals surface area contributed by atoms with Crippen LogP contribution in [0.2, 0.25) is 0 Å². The van der Waals surface area contributed by atoms with Crippen LogP contribution in [0.1, 0.15) is 0 Å². The Morgan fingerprint density at radius 1 is 1.26 bits per heavy atom. The average molecular weight is 493 g/mol. The van der Waals surface area contributed by atoms with E-state index in [1.165, 1.54) is 12.1 Å². The minimum absolute atomic E-state index is 0.0724. The number of aliphatic hydroxyl groups is 2. The van der Waals surface area contributed by atoms with Crippen molar-refractivity contribution in [1.82, 2.24) is 4.31 Å². The molecule has 0 radical (unpaired) electrons. The van der Waals surface area contributed by atoms with E-state index in [-0.39, 0.29) is 11.4 Å². The Kier molecular flexibility index (Phi) is 5.92. The van der Waals surface area contributed by atoms with E-state index >= 15 is 0 Å². The van der Waals surface area contributed by atoms with Crippen molar-refractivity contribution < 1.29 is 27.0 Å². The highest BCUT2D eigenvalue weighted by molar-refractivity contribution is 9.11. The number of hydrogen-bond acceptors (Lipinski definition) is 6. The molecular weight excluding hydrogens is 478 g/mol. The summed E-state index contributed by atoms with van der Waals surface area (Å²) in [7, 11) is -7.64. The molecule has 2 N–H and O–H groups in total. The molecule has 0 spiro atoms. The van der Waals surface area contributed by atoms with E-state index in [1.54, 1.807) is 6.07 Å². The van der Waals surface area contributed by atoms with Crippen molar-refractivity contribution in [3.63, 3.8) is 0 Å². The summed E-state index contributed by atoms with van der Waals surface area (Å²) in [6.07, 6.45) is -1.33. The quantitative estimate of drug-likeness (QED) is 0.613. The van der Waals surface area contributed by atoms with E-state index in [2.05, 4.69) is 31.9 Å². The number of halogens is 2. The number of nitrogens with zero attached hydrogens (tertiary/aromatic N) is 1. The zero-order valence-corrected chi connectivity index (χ0v) is 16.6. The Labute approximate surface area is 151 Å². The fourth-order valence-electron chi connectivity index (χ4n) is 2.45. The highest BCUT2D eigenvalue weighted by Gasteiger charge is 2.44. The number of sulfonamides is 1. The number of sulfone groups is 1. The molecule has 1 aliphatic heterocycles. The van der Waals surface area contributed by atoms with Gasteiger partial charge in [-0.1, -0.05) is 15.9 Å². The van der Waals surface area contributed by atoms with Gasteiger partial charge in [-0.3, -0.25) is 0 Å². The highest BCUT2D eigenvalue weighted by atomic mass is 79.9. The van der Waals surface area contributed by atoms with Crippen LogP contribution in [0, 0.1) is 0 Å². The smallest absolute Gasteiger partial charge is 0.244 e. The summed E-state index contributed by atoms with van der Waals surface area (Å²) in [5, 5.41) is 19.2. The van der Waals surface area contributed by atoms with Gasteiger partial charge in [-0.2, -0.15) is 4.31 Å². The normalized spacial score (nSPS) is 24.2. The van der Waals surface area contributed by atoms with Gasteiger partial charge < -0.3 is 10.2 Å². The van der Waals surface area contributed by atoms with Gasteiger partial charge in [-0.15, -0.1) is 0 Å². The number of aliphatic hydroxyl groups excluding tert-OH is 2. The molecular formula is C12H15Br2NO6S2. The first-order valence-electron chi connectivity index (χ1n) is 6.55. The lowest BCUT2D eigenvalue weighted by atomic mass is 10.2. The first kappa shape index (κ1) is 19.3. The molecule has 23 heavy (non-hydrogen) atoms. The lowest BCUT2D eigenvalue weighted by Gasteiger charge is -2.29. The standard InChI is InChI=1S/C12H15Br2NO6S2/c13-8-1-2-9(14)12(5-8)23(20,21)15(3-4-16)10-6-22(18,19)7-11(10)17/h1-2,5,10-11,16-17H,3-4,6-7H2/t10-,11-/m1/s1. The molecule has 0 amide bonds. The number of benzene rings is 1. The summed E-state index contributed by atoms with van der Waals surface area (Å²) >= 11 is 6.35. The topological polar surface area (TPSA) is 112 Å². The molecule has 0 unspecified atom stereocenters. The Morgan fingerprint density at radius 3 is 2.43 bits per heavy atom. The predicted molar refractivity (Wildman–Crippen MR) is 91.3 cm³/mol. The van der Waals surface area contributed by atoms with Gasteiger partial charge in [0, 0.05) is 15.5 Å². The van der Waals surface area contributed by atoms with Crippen molar-refractivity contribution in [1.29, 1.82) is 0 Å². The van der Waals surface area contributed by atoms with E-state index in [0.717, 1.165) is 4.31 Å². The first-order valence-corrected chi connectivity index (χ1v) is 11.4. The van der Waals surface area contributed by atoms with Gasteiger partial charge in [0.05, 0.1) is 35.2 Å². The zero-order valence-electron chi connectivity index (χ0n) is 11.8. The Balaban J connectivity index is 2.50. The van der Waals surface area contributed by atoms with Crippen molar-refractivity contribution >= 4 is 51.7 Å². The Bertz CT molecular complexity index is 796. The van der Waals surface area contributed by atoms with E-state index in [1.807, 2.05) is 0 Å². The number of hydrogen-bond donors (Lipinski definition) is 2. The molecule has 1 aromatic carbocycles. The molecule has 2 atom stereocenters. The maximum Gasteiger partial charge on any atom is 0.244 e. The summed E-state index contributed by atoms with van der Waals surface area (Å²) in [6, 6.07) is 3.44. The first-order chi connectivity index (χ1) is 10.6. The van der Waals surface area contributed by atoms with Crippen LogP contribution in [-0.4, -0.2) is 68.2 Å². The second kappa shape index (κ2) is 7.06. The Hall–Kier alpha value is -0.0400. The van der Waals surface area contributed by atoms with Crippen molar-refractivity contribution in [2.45, 2.75) is 17.0 Å². The molecule has 1 aromatic rings. The summed E-state index contributed by atoms with van der Waals surface area (Å²) in [4.78, 5) is -0.0724. The minimum atomic E-state index is -4.11. The third-order valence-electron chi connectivity index (χ3n) is 3.46. The zero-order chi connectivity index (χ0) is 17.4. The second-order valence-corrected chi connectivity index (χ2v) is 10.9. The molecule has 0 aliphatic carbocycles. The van der Waals surface area contributed by atoms with Gasteiger partial charge in [-0.05, 0) is 34.1 Å². The summed E-state index contributed by atoms with van der Waals surface area (Å²) in [6.45, 7) is -0.799.